The van der Waals surface area contributed by atoms with Crippen molar-refractivity contribution in [3.63, 3.8) is 0 Å². The zero-order valence-corrected chi connectivity index (χ0v) is 12.4. The van der Waals surface area contributed by atoms with Gasteiger partial charge in [-0.1, -0.05) is 0 Å². The number of hydrogen-bond donors (Lipinski definition) is 0. The lowest BCUT2D eigenvalue weighted by molar-refractivity contribution is -0.0225. The summed E-state index contributed by atoms with van der Waals surface area (Å²) in [5.41, 5.74) is 0. The van der Waals surface area contributed by atoms with Crippen molar-refractivity contribution >= 4 is 17.1 Å². The number of ether oxygens (including phenoxy) is 1. The molecule has 0 saturated carbocycles. The fourth-order valence-electron chi connectivity index (χ4n) is 2.31. The number of hydrogen-bond acceptors (Lipinski definition) is 4. The topological polar surface area (TPSA) is 36.9 Å². The van der Waals surface area contributed by atoms with Crippen LogP contribution < -0.4 is 0 Å². The molecule has 4 nitrogen and oxygen atoms in total. The Bertz CT molecular complexity index is 270. The Kier molecular flexibility index (Phi) is 3.33. The molecule has 0 amide bonds. The first kappa shape index (κ1) is 12.7. The van der Waals surface area contributed by atoms with E-state index in [1.54, 1.807) is 0 Å². The summed E-state index contributed by atoms with van der Waals surface area (Å²) in [6.07, 6.45) is 0.501. The standard InChI is InChI=1S/C10H20O4Si2/c1-8-6-9-10(12-8)7-11-15(2,3)14-16(4,5)13-9/h1,8-10H,6-7H2,2-5H3/t8-,9+,10-/m0/s1. The van der Waals surface area contributed by atoms with Gasteiger partial charge >= 0.3 is 17.1 Å². The van der Waals surface area contributed by atoms with Crippen LogP contribution in [-0.2, 0) is 17.7 Å². The van der Waals surface area contributed by atoms with E-state index in [9.17, 15) is 0 Å². The summed E-state index contributed by atoms with van der Waals surface area (Å²) < 4.78 is 23.6. The third kappa shape index (κ3) is 2.93. The van der Waals surface area contributed by atoms with Crippen LogP contribution in [0, 0.1) is 6.92 Å². The van der Waals surface area contributed by atoms with Gasteiger partial charge in [-0.3, -0.25) is 0 Å². The van der Waals surface area contributed by atoms with Crippen LogP contribution in [-0.4, -0.2) is 42.0 Å². The highest BCUT2D eigenvalue weighted by Crippen LogP contribution is 2.30. The van der Waals surface area contributed by atoms with Gasteiger partial charge in [-0.15, -0.1) is 0 Å². The van der Waals surface area contributed by atoms with Crippen molar-refractivity contribution in [1.29, 1.82) is 0 Å². The monoisotopic (exact) mass is 260 g/mol. The summed E-state index contributed by atoms with van der Waals surface area (Å²) in [4.78, 5) is 0. The zero-order valence-electron chi connectivity index (χ0n) is 10.4. The van der Waals surface area contributed by atoms with E-state index in [1.807, 2.05) is 13.1 Å². The predicted octanol–water partition coefficient (Wildman–Crippen LogP) is 1.69. The van der Waals surface area contributed by atoms with Crippen LogP contribution >= 0.6 is 0 Å². The Morgan fingerprint density at radius 2 is 1.75 bits per heavy atom. The molecule has 2 fully saturated rings. The van der Waals surface area contributed by atoms with Crippen LogP contribution in [0.1, 0.15) is 6.42 Å². The van der Waals surface area contributed by atoms with E-state index in [2.05, 4.69) is 13.1 Å². The molecular weight excluding hydrogens is 240 g/mol. The van der Waals surface area contributed by atoms with Gasteiger partial charge in [0, 0.05) is 6.42 Å². The van der Waals surface area contributed by atoms with Crippen LogP contribution in [0.25, 0.3) is 0 Å². The first-order valence-electron chi connectivity index (χ1n) is 5.70. The highest BCUT2D eigenvalue weighted by Gasteiger charge is 2.46. The van der Waals surface area contributed by atoms with E-state index < -0.39 is 17.1 Å². The largest absolute Gasteiger partial charge is 0.415 e. The summed E-state index contributed by atoms with van der Waals surface area (Å²) in [6, 6.07) is 0. The fourth-order valence-corrected chi connectivity index (χ4v) is 9.02. The second-order valence-corrected chi connectivity index (χ2v) is 12.3. The summed E-state index contributed by atoms with van der Waals surface area (Å²) >= 11 is 0. The zero-order chi connectivity index (χ0) is 12.0. The minimum atomic E-state index is -2.12. The number of fused-ring (bicyclic) bond motifs is 1. The molecule has 2 aliphatic heterocycles. The molecule has 0 spiro atoms. The molecule has 6 heteroatoms. The van der Waals surface area contributed by atoms with E-state index in [4.69, 9.17) is 24.6 Å². The summed E-state index contributed by atoms with van der Waals surface area (Å²) in [5, 5.41) is 0. The van der Waals surface area contributed by atoms with Gasteiger partial charge in [0.25, 0.3) is 0 Å². The Morgan fingerprint density at radius 1 is 1.06 bits per heavy atom. The predicted molar refractivity (Wildman–Crippen MR) is 64.5 cm³/mol. The molecule has 0 unspecified atom stereocenters. The third-order valence-corrected chi connectivity index (χ3v) is 8.42. The Hall–Kier alpha value is 0.274. The Labute approximate surface area is 99.7 Å². The lowest BCUT2D eigenvalue weighted by Gasteiger charge is -2.39. The second kappa shape index (κ2) is 4.18. The molecule has 0 aromatic carbocycles. The minimum Gasteiger partial charge on any atom is -0.415 e. The van der Waals surface area contributed by atoms with Crippen LogP contribution in [0.4, 0.5) is 0 Å². The molecule has 0 aromatic rings. The molecule has 0 aromatic heterocycles. The maximum absolute atomic E-state index is 6.08. The molecule has 2 aliphatic rings. The minimum absolute atomic E-state index is 0.0294. The van der Waals surface area contributed by atoms with Gasteiger partial charge in [0.05, 0.1) is 18.8 Å². The molecule has 0 aliphatic carbocycles. The van der Waals surface area contributed by atoms with Crippen molar-refractivity contribution in [3.8, 4) is 0 Å². The Morgan fingerprint density at radius 3 is 2.44 bits per heavy atom. The van der Waals surface area contributed by atoms with Crippen LogP contribution in [0.15, 0.2) is 0 Å². The molecule has 0 N–H and O–H groups in total. The van der Waals surface area contributed by atoms with Crippen molar-refractivity contribution in [2.75, 3.05) is 6.61 Å². The molecule has 16 heavy (non-hydrogen) atoms. The van der Waals surface area contributed by atoms with Gasteiger partial charge in [-0.05, 0) is 33.1 Å². The summed E-state index contributed by atoms with van der Waals surface area (Å²) in [7, 11) is -4.20. The van der Waals surface area contributed by atoms with E-state index in [0.29, 0.717) is 6.61 Å². The van der Waals surface area contributed by atoms with Crippen molar-refractivity contribution in [2.45, 2.75) is 50.9 Å². The molecule has 2 rings (SSSR count). The SMILES string of the molecule is [CH][C@H]1C[C@H]2O[Si](C)(C)O[Si](C)(C)OC[C@@H]2O1. The summed E-state index contributed by atoms with van der Waals surface area (Å²) in [5.74, 6) is 0. The van der Waals surface area contributed by atoms with Crippen LogP contribution in [0.3, 0.4) is 0 Å². The molecule has 2 radical (unpaired) electrons. The van der Waals surface area contributed by atoms with Crippen molar-refractivity contribution < 1.29 is 17.7 Å². The van der Waals surface area contributed by atoms with Crippen molar-refractivity contribution in [2.24, 2.45) is 0 Å². The van der Waals surface area contributed by atoms with Gasteiger partial charge < -0.3 is 17.7 Å². The summed E-state index contributed by atoms with van der Waals surface area (Å²) in [6.45, 7) is 14.5. The van der Waals surface area contributed by atoms with Crippen molar-refractivity contribution in [3.05, 3.63) is 6.92 Å². The van der Waals surface area contributed by atoms with Crippen LogP contribution in [0.2, 0.25) is 26.2 Å². The molecule has 2 saturated heterocycles. The molecule has 92 valence electrons. The van der Waals surface area contributed by atoms with E-state index in [-0.39, 0.29) is 18.3 Å². The van der Waals surface area contributed by atoms with E-state index in [0.717, 1.165) is 6.42 Å². The number of rotatable bonds is 0. The van der Waals surface area contributed by atoms with E-state index in [1.165, 1.54) is 0 Å². The molecule has 3 atom stereocenters. The quantitative estimate of drug-likeness (QED) is 0.621. The average molecular weight is 260 g/mol. The maximum Gasteiger partial charge on any atom is 0.323 e. The van der Waals surface area contributed by atoms with Crippen molar-refractivity contribution in [1.82, 2.24) is 0 Å². The molecule has 0 bridgehead atoms. The first-order valence-corrected chi connectivity index (χ1v) is 11.3. The smallest absolute Gasteiger partial charge is 0.323 e. The second-order valence-electron chi connectivity index (χ2n) is 5.32. The maximum atomic E-state index is 6.08. The normalized spacial score (nSPS) is 42.2. The van der Waals surface area contributed by atoms with Gasteiger partial charge in [0.2, 0.25) is 0 Å². The lowest BCUT2D eigenvalue weighted by atomic mass is 10.1. The molecule has 2 heterocycles. The third-order valence-electron chi connectivity index (χ3n) is 2.75. The van der Waals surface area contributed by atoms with E-state index >= 15 is 0 Å². The van der Waals surface area contributed by atoms with Gasteiger partial charge in [-0.25, -0.2) is 0 Å². The molecular formula is C10H20O4Si2. The highest BCUT2D eigenvalue weighted by atomic mass is 28.5. The van der Waals surface area contributed by atoms with Gasteiger partial charge in [-0.2, -0.15) is 0 Å². The average Bonchev–Trinajstić information content (AvgIpc) is 2.38. The first-order chi connectivity index (χ1) is 7.27. The fraction of sp³-hybridized carbons (Fsp3) is 0.900. The van der Waals surface area contributed by atoms with Gasteiger partial charge in [0.15, 0.2) is 0 Å². The van der Waals surface area contributed by atoms with Gasteiger partial charge in [0.1, 0.15) is 6.10 Å². The Balaban J connectivity index is 2.12. The lowest BCUT2D eigenvalue weighted by Crippen LogP contribution is -2.55. The highest BCUT2D eigenvalue weighted by molar-refractivity contribution is 6.78. The van der Waals surface area contributed by atoms with Crippen LogP contribution in [0.5, 0.6) is 0 Å².